The highest BCUT2D eigenvalue weighted by Gasteiger charge is 2.30. The van der Waals surface area contributed by atoms with Crippen molar-refractivity contribution in [3.05, 3.63) is 83.3 Å². The zero-order valence-corrected chi connectivity index (χ0v) is 18.6. The van der Waals surface area contributed by atoms with E-state index >= 15 is 0 Å². The Bertz CT molecular complexity index is 1340. The van der Waals surface area contributed by atoms with Crippen molar-refractivity contribution < 1.29 is 14.3 Å². The first kappa shape index (κ1) is 21.0. The molecular formula is C26H24N4O3. The fourth-order valence-electron chi connectivity index (χ4n) is 4.36. The van der Waals surface area contributed by atoms with Crippen LogP contribution >= 0.6 is 0 Å². The number of fused-ring (bicyclic) bond motifs is 3. The molecule has 0 unspecified atom stereocenters. The van der Waals surface area contributed by atoms with Crippen LogP contribution < -0.4 is 4.74 Å². The van der Waals surface area contributed by atoms with Gasteiger partial charge in [0.25, 0.3) is 0 Å². The van der Waals surface area contributed by atoms with E-state index in [1.807, 2.05) is 54.6 Å². The van der Waals surface area contributed by atoms with Crippen LogP contribution in [0.25, 0.3) is 22.9 Å². The van der Waals surface area contributed by atoms with Gasteiger partial charge in [-0.05, 0) is 24.0 Å². The summed E-state index contributed by atoms with van der Waals surface area (Å²) in [5.74, 6) is 0.752. The van der Waals surface area contributed by atoms with Crippen LogP contribution in [0, 0.1) is 5.92 Å². The number of aromatic nitrogens is 4. The maximum absolute atomic E-state index is 12.9. The number of hydrogen-bond acceptors (Lipinski definition) is 6. The van der Waals surface area contributed by atoms with E-state index in [2.05, 4.69) is 22.3 Å². The largest absolute Gasteiger partial charge is 0.496 e. The second-order valence-corrected chi connectivity index (χ2v) is 8.05. The van der Waals surface area contributed by atoms with Crippen LogP contribution in [0.5, 0.6) is 5.75 Å². The number of methoxy groups -OCH3 is 2. The van der Waals surface area contributed by atoms with Gasteiger partial charge < -0.3 is 9.47 Å². The lowest BCUT2D eigenvalue weighted by Crippen LogP contribution is -2.24. The van der Waals surface area contributed by atoms with E-state index in [4.69, 9.17) is 14.6 Å². The van der Waals surface area contributed by atoms with Crippen LogP contribution in [0.4, 0.5) is 0 Å². The average Bonchev–Trinajstić information content (AvgIpc) is 3.22. The van der Waals surface area contributed by atoms with E-state index < -0.39 is 0 Å². The monoisotopic (exact) mass is 440 g/mol. The lowest BCUT2D eigenvalue weighted by Gasteiger charge is -2.20. The number of para-hydroxylation sites is 1. The van der Waals surface area contributed by atoms with Gasteiger partial charge in [-0.25, -0.2) is 4.52 Å². The van der Waals surface area contributed by atoms with E-state index in [1.54, 1.807) is 18.7 Å². The molecule has 2 heterocycles. The fourth-order valence-corrected chi connectivity index (χ4v) is 4.36. The van der Waals surface area contributed by atoms with Gasteiger partial charge in [0.2, 0.25) is 0 Å². The van der Waals surface area contributed by atoms with Crippen molar-refractivity contribution in [3.8, 4) is 16.9 Å². The molecule has 1 aliphatic rings. The Labute approximate surface area is 191 Å². The number of allylic oxidation sites excluding steroid dienone is 1. The molecule has 0 saturated carbocycles. The number of carbonyl (C=O) groups excluding carboxylic acids is 1. The van der Waals surface area contributed by atoms with Crippen molar-refractivity contribution in [3.63, 3.8) is 0 Å². The zero-order valence-electron chi connectivity index (χ0n) is 18.6. The number of carbonyl (C=O) groups is 1. The molecule has 0 bridgehead atoms. The fraction of sp³-hybridized carbons (Fsp3) is 0.231. The molecule has 0 radical (unpaired) electrons. The van der Waals surface area contributed by atoms with Gasteiger partial charge in [0.05, 0.1) is 30.7 Å². The van der Waals surface area contributed by atoms with E-state index in [0.29, 0.717) is 36.5 Å². The molecule has 0 N–H and O–H groups in total. The van der Waals surface area contributed by atoms with Crippen LogP contribution in [-0.2, 0) is 17.8 Å². The summed E-state index contributed by atoms with van der Waals surface area (Å²) in [4.78, 5) is 12.9. The summed E-state index contributed by atoms with van der Waals surface area (Å²) in [6.45, 7) is 0.302. The Kier molecular flexibility index (Phi) is 5.71. The summed E-state index contributed by atoms with van der Waals surface area (Å²) in [6, 6.07) is 17.8. The zero-order chi connectivity index (χ0) is 22.8. The third-order valence-electron chi connectivity index (χ3n) is 5.89. The minimum atomic E-state index is -0.0176. The predicted molar refractivity (Wildman–Crippen MR) is 125 cm³/mol. The average molecular weight is 441 g/mol. The van der Waals surface area contributed by atoms with Gasteiger partial charge in [-0.3, -0.25) is 4.79 Å². The highest BCUT2D eigenvalue weighted by atomic mass is 16.5. The number of rotatable bonds is 6. The summed E-state index contributed by atoms with van der Waals surface area (Å²) in [6.07, 6.45) is 5.22. The van der Waals surface area contributed by atoms with Gasteiger partial charge in [-0.1, -0.05) is 60.7 Å². The summed E-state index contributed by atoms with van der Waals surface area (Å²) >= 11 is 0. The second kappa shape index (κ2) is 8.96. The molecular weight excluding hydrogens is 416 g/mol. The number of nitrogens with zero attached hydrogens (tertiary/aromatic N) is 4. The van der Waals surface area contributed by atoms with E-state index in [0.717, 1.165) is 28.1 Å². The van der Waals surface area contributed by atoms with Crippen molar-refractivity contribution in [1.82, 2.24) is 19.8 Å². The number of ketones is 1. The molecule has 7 nitrogen and oxygen atoms in total. The number of benzene rings is 2. The first-order chi connectivity index (χ1) is 16.2. The lowest BCUT2D eigenvalue weighted by molar-refractivity contribution is 0.0950. The van der Waals surface area contributed by atoms with Crippen molar-refractivity contribution >= 4 is 17.5 Å². The molecule has 0 saturated heterocycles. The summed E-state index contributed by atoms with van der Waals surface area (Å²) in [7, 11) is 3.27. The Morgan fingerprint density at radius 1 is 1.03 bits per heavy atom. The highest BCUT2D eigenvalue weighted by molar-refractivity contribution is 5.97. The Morgan fingerprint density at radius 2 is 1.82 bits per heavy atom. The molecule has 0 fully saturated rings. The molecule has 0 aliphatic heterocycles. The molecule has 4 aromatic rings. The van der Waals surface area contributed by atoms with Crippen LogP contribution in [0.1, 0.15) is 33.9 Å². The third kappa shape index (κ3) is 3.91. The molecule has 2 aromatic heterocycles. The number of Topliss-reactive ketones (excluding diaryl/α,β-unsaturated/α-hetero) is 1. The first-order valence-electron chi connectivity index (χ1n) is 10.9. The Balaban J connectivity index is 1.62. The minimum Gasteiger partial charge on any atom is -0.496 e. The molecule has 2 aromatic carbocycles. The lowest BCUT2D eigenvalue weighted by atomic mass is 9.88. The van der Waals surface area contributed by atoms with Gasteiger partial charge >= 0.3 is 0 Å². The van der Waals surface area contributed by atoms with Crippen molar-refractivity contribution in [1.29, 1.82) is 0 Å². The second-order valence-electron chi connectivity index (χ2n) is 8.05. The third-order valence-corrected chi connectivity index (χ3v) is 5.89. The predicted octanol–water partition coefficient (Wildman–Crippen LogP) is 4.40. The van der Waals surface area contributed by atoms with Crippen LogP contribution in [0.2, 0.25) is 0 Å². The normalized spacial score (nSPS) is 15.8. The smallest absolute Gasteiger partial charge is 0.186 e. The molecule has 166 valence electrons. The summed E-state index contributed by atoms with van der Waals surface area (Å²) in [5.41, 5.74) is 5.25. The Hall–Kier alpha value is -3.84. The molecule has 0 spiro atoms. The molecule has 7 heteroatoms. The van der Waals surface area contributed by atoms with Gasteiger partial charge in [0, 0.05) is 19.1 Å². The maximum atomic E-state index is 12.9. The van der Waals surface area contributed by atoms with E-state index in [9.17, 15) is 4.79 Å². The summed E-state index contributed by atoms with van der Waals surface area (Å²) < 4.78 is 12.8. The van der Waals surface area contributed by atoms with Crippen LogP contribution in [0.15, 0.2) is 60.7 Å². The maximum Gasteiger partial charge on any atom is 0.186 e. The molecule has 5 rings (SSSR count). The van der Waals surface area contributed by atoms with E-state index in [-0.39, 0.29) is 11.7 Å². The van der Waals surface area contributed by atoms with E-state index in [1.165, 1.54) is 0 Å². The minimum absolute atomic E-state index is 0.0176. The molecule has 1 aliphatic carbocycles. The standard InChI is InChI=1S/C26H24N4O3/c1-32-16-20-24(19-10-6-7-11-23(19)33-2)26-28-27-25-21(30(26)29-20)14-18(15-22(25)31)13-12-17-8-4-3-5-9-17/h3-13,18H,14-16H2,1-2H3/b13-12+/t18-/m0/s1. The quantitative estimate of drug-likeness (QED) is 0.442. The number of hydrogen-bond donors (Lipinski definition) is 0. The summed E-state index contributed by atoms with van der Waals surface area (Å²) in [5, 5.41) is 13.6. The molecule has 33 heavy (non-hydrogen) atoms. The van der Waals surface area contributed by atoms with Gasteiger partial charge in [-0.15, -0.1) is 10.2 Å². The van der Waals surface area contributed by atoms with Crippen LogP contribution in [-0.4, -0.2) is 39.8 Å². The Morgan fingerprint density at radius 3 is 2.61 bits per heavy atom. The van der Waals surface area contributed by atoms with Gasteiger partial charge in [0.1, 0.15) is 5.75 Å². The number of ether oxygens (including phenoxy) is 2. The highest BCUT2D eigenvalue weighted by Crippen LogP contribution is 2.36. The SMILES string of the molecule is COCc1nn2c3c(nnc2c1-c1ccccc1OC)C(=O)C[C@@H](/C=C/c1ccccc1)C3. The first-order valence-corrected chi connectivity index (χ1v) is 10.9. The van der Waals surface area contributed by atoms with Gasteiger partial charge in [0.15, 0.2) is 17.1 Å². The topological polar surface area (TPSA) is 78.6 Å². The van der Waals surface area contributed by atoms with Crippen LogP contribution in [0.3, 0.4) is 0 Å². The molecule has 0 amide bonds. The van der Waals surface area contributed by atoms with Gasteiger partial charge in [-0.2, -0.15) is 5.10 Å². The van der Waals surface area contributed by atoms with Crippen molar-refractivity contribution in [2.24, 2.45) is 5.92 Å². The molecule has 1 atom stereocenters. The van der Waals surface area contributed by atoms with Crippen molar-refractivity contribution in [2.45, 2.75) is 19.4 Å². The van der Waals surface area contributed by atoms with Crippen molar-refractivity contribution in [2.75, 3.05) is 14.2 Å².